The lowest BCUT2D eigenvalue weighted by Crippen LogP contribution is -2.75. The van der Waals surface area contributed by atoms with E-state index in [1.807, 2.05) is 9.80 Å². The quantitative estimate of drug-likeness (QED) is 0.882. The van der Waals surface area contributed by atoms with Gasteiger partial charge in [0.25, 0.3) is 0 Å². The van der Waals surface area contributed by atoms with Gasteiger partial charge in [0, 0.05) is 43.7 Å². The first-order chi connectivity index (χ1) is 13.5. The summed E-state index contributed by atoms with van der Waals surface area (Å²) < 4.78 is 2.28. The Hall–Kier alpha value is -2.38. The van der Waals surface area contributed by atoms with E-state index < -0.39 is 0 Å². The molecule has 0 spiro atoms. The SMILES string of the molecule is Cc1cc(C)n(C23CC(C4CN(C(=O)N5CC[C@H](c6ncn[nH]6)C5)C4)(C2)C3)n1. The van der Waals surface area contributed by atoms with E-state index in [2.05, 4.69) is 39.8 Å². The molecule has 4 heterocycles. The van der Waals surface area contributed by atoms with Gasteiger partial charge >= 0.3 is 6.03 Å². The van der Waals surface area contributed by atoms with E-state index in [9.17, 15) is 4.79 Å². The zero-order valence-electron chi connectivity index (χ0n) is 16.6. The molecule has 2 aromatic rings. The second-order valence-electron chi connectivity index (χ2n) is 9.64. The summed E-state index contributed by atoms with van der Waals surface area (Å²) in [6.07, 6.45) is 6.24. The number of hydrogen-bond acceptors (Lipinski definition) is 4. The lowest BCUT2D eigenvalue weighted by atomic mass is 9.35. The Kier molecular flexibility index (Phi) is 3.17. The van der Waals surface area contributed by atoms with Crippen molar-refractivity contribution in [2.75, 3.05) is 26.2 Å². The Morgan fingerprint density at radius 1 is 1.18 bits per heavy atom. The van der Waals surface area contributed by atoms with Gasteiger partial charge in [0.2, 0.25) is 0 Å². The van der Waals surface area contributed by atoms with Crippen LogP contribution >= 0.6 is 0 Å². The highest BCUT2D eigenvalue weighted by Gasteiger charge is 2.73. The van der Waals surface area contributed by atoms with Gasteiger partial charge < -0.3 is 9.80 Å². The molecule has 2 aliphatic heterocycles. The summed E-state index contributed by atoms with van der Waals surface area (Å²) in [4.78, 5) is 21.1. The molecule has 0 unspecified atom stereocenters. The van der Waals surface area contributed by atoms with Gasteiger partial charge in [-0.1, -0.05) is 0 Å². The average molecular weight is 381 g/mol. The van der Waals surface area contributed by atoms with Gasteiger partial charge in [-0.05, 0) is 51.0 Å². The number of carbonyl (C=O) groups excluding carboxylic acids is 1. The predicted molar refractivity (Wildman–Crippen MR) is 102 cm³/mol. The monoisotopic (exact) mass is 381 g/mol. The molecule has 1 atom stereocenters. The molecule has 0 radical (unpaired) electrons. The van der Waals surface area contributed by atoms with Crippen molar-refractivity contribution < 1.29 is 4.79 Å². The molecule has 8 heteroatoms. The van der Waals surface area contributed by atoms with Crippen molar-refractivity contribution in [3.8, 4) is 0 Å². The zero-order chi connectivity index (χ0) is 19.1. The van der Waals surface area contributed by atoms with Crippen LogP contribution in [-0.2, 0) is 5.54 Å². The second kappa shape index (κ2) is 5.36. The van der Waals surface area contributed by atoms with Crippen molar-refractivity contribution in [3.05, 3.63) is 29.6 Å². The van der Waals surface area contributed by atoms with E-state index >= 15 is 0 Å². The number of carbonyl (C=O) groups is 1. The molecule has 5 fully saturated rings. The summed E-state index contributed by atoms with van der Waals surface area (Å²) >= 11 is 0. The average Bonchev–Trinajstić information content (AvgIpc) is 3.27. The van der Waals surface area contributed by atoms with E-state index in [4.69, 9.17) is 5.10 Å². The van der Waals surface area contributed by atoms with Crippen LogP contribution in [0.2, 0.25) is 0 Å². The van der Waals surface area contributed by atoms with E-state index in [1.54, 1.807) is 6.33 Å². The topological polar surface area (TPSA) is 82.9 Å². The van der Waals surface area contributed by atoms with Crippen molar-refractivity contribution in [1.29, 1.82) is 0 Å². The van der Waals surface area contributed by atoms with Crippen LogP contribution < -0.4 is 0 Å². The molecule has 3 saturated carbocycles. The van der Waals surface area contributed by atoms with E-state index in [0.29, 0.717) is 17.3 Å². The standard InChI is InChI=1S/C20H27N7O/c1-13-5-14(2)27(24-13)20-9-19(10-20,11-20)16-7-26(8-16)18(28)25-4-3-15(6-25)17-21-12-22-23-17/h5,12,15-16H,3-4,6-11H2,1-2H3,(H,21,22,23)/t15-,19?,20?/m0/s1. The Bertz CT molecular complexity index is 907. The second-order valence-corrected chi connectivity index (χ2v) is 9.64. The first-order valence-corrected chi connectivity index (χ1v) is 10.4. The van der Waals surface area contributed by atoms with Crippen molar-refractivity contribution in [2.45, 2.75) is 51.0 Å². The minimum absolute atomic E-state index is 0.207. The van der Waals surface area contributed by atoms with Crippen LogP contribution in [0.15, 0.2) is 12.4 Å². The summed E-state index contributed by atoms with van der Waals surface area (Å²) in [5.74, 6) is 1.87. The molecule has 0 aromatic carbocycles. The maximum Gasteiger partial charge on any atom is 0.320 e. The summed E-state index contributed by atoms with van der Waals surface area (Å²) in [5.41, 5.74) is 3.15. The van der Waals surface area contributed by atoms with Crippen molar-refractivity contribution in [3.63, 3.8) is 0 Å². The molecule has 1 N–H and O–H groups in total. The van der Waals surface area contributed by atoms with Crippen LogP contribution in [0, 0.1) is 25.2 Å². The number of H-pyrrole nitrogens is 1. The highest BCUT2D eigenvalue weighted by molar-refractivity contribution is 5.76. The summed E-state index contributed by atoms with van der Waals surface area (Å²) in [7, 11) is 0. The number of aryl methyl sites for hydroxylation is 2. The van der Waals surface area contributed by atoms with E-state index in [-0.39, 0.29) is 11.6 Å². The fourth-order valence-electron chi connectivity index (χ4n) is 6.37. The summed E-state index contributed by atoms with van der Waals surface area (Å²) in [6.45, 7) is 7.66. The van der Waals surface area contributed by atoms with Gasteiger partial charge in [-0.15, -0.1) is 0 Å². The van der Waals surface area contributed by atoms with Crippen LogP contribution in [0.1, 0.15) is 48.8 Å². The Morgan fingerprint density at radius 3 is 2.61 bits per heavy atom. The number of aromatic amines is 1. The van der Waals surface area contributed by atoms with Gasteiger partial charge in [-0.25, -0.2) is 9.78 Å². The van der Waals surface area contributed by atoms with Crippen molar-refractivity contribution >= 4 is 6.03 Å². The number of likely N-dealkylation sites (tertiary alicyclic amines) is 2. The third-order valence-electron chi connectivity index (χ3n) is 7.80. The molecule has 2 amide bonds. The third kappa shape index (κ3) is 2.11. The lowest BCUT2D eigenvalue weighted by molar-refractivity contribution is -0.245. The molecule has 2 bridgehead atoms. The van der Waals surface area contributed by atoms with Gasteiger partial charge in [-0.2, -0.15) is 10.2 Å². The first kappa shape index (κ1) is 16.6. The largest absolute Gasteiger partial charge is 0.324 e. The molecule has 5 aliphatic rings. The number of hydrogen-bond donors (Lipinski definition) is 1. The number of rotatable bonds is 3. The molecule has 7 rings (SSSR count). The van der Waals surface area contributed by atoms with Crippen LogP contribution in [0.3, 0.4) is 0 Å². The summed E-state index contributed by atoms with van der Waals surface area (Å²) in [5, 5.41) is 11.6. The maximum absolute atomic E-state index is 12.9. The van der Waals surface area contributed by atoms with Crippen LogP contribution in [-0.4, -0.2) is 67.0 Å². The highest BCUT2D eigenvalue weighted by Crippen LogP contribution is 2.75. The molecule has 2 aromatic heterocycles. The third-order valence-corrected chi connectivity index (χ3v) is 7.80. The number of aromatic nitrogens is 5. The lowest BCUT2D eigenvalue weighted by Gasteiger charge is -2.75. The Balaban J connectivity index is 1.04. The van der Waals surface area contributed by atoms with E-state index in [0.717, 1.165) is 44.1 Å². The van der Waals surface area contributed by atoms with Crippen LogP contribution in [0.4, 0.5) is 4.79 Å². The fourth-order valence-corrected chi connectivity index (χ4v) is 6.37. The maximum atomic E-state index is 12.9. The van der Waals surface area contributed by atoms with Gasteiger partial charge in [-0.3, -0.25) is 9.78 Å². The molecule has 8 nitrogen and oxygen atoms in total. The molecule has 2 saturated heterocycles. The molecular weight excluding hydrogens is 354 g/mol. The van der Waals surface area contributed by atoms with Crippen molar-refractivity contribution in [2.24, 2.45) is 11.3 Å². The number of amides is 2. The Morgan fingerprint density at radius 2 is 1.96 bits per heavy atom. The van der Waals surface area contributed by atoms with Gasteiger partial charge in [0.15, 0.2) is 0 Å². The smallest absolute Gasteiger partial charge is 0.320 e. The first-order valence-electron chi connectivity index (χ1n) is 10.4. The van der Waals surface area contributed by atoms with Crippen molar-refractivity contribution in [1.82, 2.24) is 34.8 Å². The minimum Gasteiger partial charge on any atom is -0.324 e. The van der Waals surface area contributed by atoms with Crippen LogP contribution in [0.25, 0.3) is 0 Å². The molecular formula is C20H27N7O. The number of nitrogens with zero attached hydrogens (tertiary/aromatic N) is 6. The number of urea groups is 1. The van der Waals surface area contributed by atoms with Gasteiger partial charge in [0.05, 0.1) is 11.2 Å². The predicted octanol–water partition coefficient (Wildman–Crippen LogP) is 2.04. The molecule has 28 heavy (non-hydrogen) atoms. The van der Waals surface area contributed by atoms with Crippen LogP contribution in [0.5, 0.6) is 0 Å². The highest BCUT2D eigenvalue weighted by atomic mass is 16.2. The molecule has 3 aliphatic carbocycles. The summed E-state index contributed by atoms with van der Waals surface area (Å²) in [6, 6.07) is 2.39. The van der Waals surface area contributed by atoms with E-state index in [1.165, 1.54) is 25.0 Å². The normalized spacial score (nSPS) is 34.1. The number of nitrogens with one attached hydrogen (secondary N) is 1. The minimum atomic E-state index is 0.207. The fraction of sp³-hybridized carbons (Fsp3) is 0.700. The Labute approximate surface area is 164 Å². The van der Waals surface area contributed by atoms with Gasteiger partial charge in [0.1, 0.15) is 12.2 Å². The molecule has 148 valence electrons. The zero-order valence-corrected chi connectivity index (χ0v) is 16.6.